The fraction of sp³-hybridized carbons (Fsp3) is 0.105. The van der Waals surface area contributed by atoms with Gasteiger partial charge < -0.3 is 9.84 Å². The molecule has 12 heteroatoms. The molecule has 0 saturated heterocycles. The quantitative estimate of drug-likeness (QED) is 0.335. The van der Waals surface area contributed by atoms with Crippen molar-refractivity contribution in [2.75, 3.05) is 18.5 Å². The van der Waals surface area contributed by atoms with Crippen molar-refractivity contribution in [3.8, 4) is 5.75 Å². The maximum absolute atomic E-state index is 12.9. The SMILES string of the molecule is O=C(Nc1nccs1)c1nc(Sc2ncn[nH]2)ccc1Sc1ccc(OCCO)cc1. The number of nitrogens with zero attached hydrogens (tertiary/aromatic N) is 4. The second-order valence-corrected chi connectivity index (χ2v) is 8.84. The first-order valence-electron chi connectivity index (χ1n) is 8.98. The molecule has 1 aromatic carbocycles. The predicted molar refractivity (Wildman–Crippen MR) is 118 cm³/mol. The molecule has 158 valence electrons. The average molecular weight is 473 g/mol. The number of aromatic amines is 1. The molecule has 0 atom stereocenters. The van der Waals surface area contributed by atoms with E-state index in [1.807, 2.05) is 36.4 Å². The highest BCUT2D eigenvalue weighted by atomic mass is 32.2. The average Bonchev–Trinajstić information content (AvgIpc) is 3.49. The van der Waals surface area contributed by atoms with E-state index >= 15 is 0 Å². The van der Waals surface area contributed by atoms with Gasteiger partial charge in [-0.25, -0.2) is 15.0 Å². The summed E-state index contributed by atoms with van der Waals surface area (Å²) in [6.45, 7) is 0.194. The van der Waals surface area contributed by atoms with Crippen LogP contribution in [0.2, 0.25) is 0 Å². The number of hydrogen-bond donors (Lipinski definition) is 3. The zero-order chi connectivity index (χ0) is 21.5. The van der Waals surface area contributed by atoms with Crippen LogP contribution >= 0.6 is 34.9 Å². The van der Waals surface area contributed by atoms with Crippen molar-refractivity contribution >= 4 is 45.9 Å². The van der Waals surface area contributed by atoms with Crippen molar-refractivity contribution in [2.24, 2.45) is 0 Å². The second kappa shape index (κ2) is 10.4. The molecule has 4 rings (SSSR count). The van der Waals surface area contributed by atoms with Crippen LogP contribution in [-0.2, 0) is 0 Å². The van der Waals surface area contributed by atoms with Gasteiger partial charge in [0.1, 0.15) is 29.4 Å². The summed E-state index contributed by atoms with van der Waals surface area (Å²) < 4.78 is 5.39. The molecular formula is C19H16N6O3S3. The Balaban J connectivity index is 1.58. The molecule has 0 spiro atoms. The number of thiazole rings is 1. The molecule has 31 heavy (non-hydrogen) atoms. The highest BCUT2D eigenvalue weighted by Crippen LogP contribution is 2.33. The molecule has 0 aliphatic rings. The van der Waals surface area contributed by atoms with Crippen molar-refractivity contribution in [2.45, 2.75) is 20.0 Å². The molecule has 9 nitrogen and oxygen atoms in total. The van der Waals surface area contributed by atoms with E-state index in [9.17, 15) is 4.79 Å². The molecule has 0 fully saturated rings. The first kappa shape index (κ1) is 21.3. The van der Waals surface area contributed by atoms with Gasteiger partial charge in [0.05, 0.1) is 6.61 Å². The van der Waals surface area contributed by atoms with Gasteiger partial charge in [-0.05, 0) is 48.2 Å². The Labute approximate surface area is 189 Å². The van der Waals surface area contributed by atoms with Crippen LogP contribution in [0.5, 0.6) is 5.75 Å². The predicted octanol–water partition coefficient (Wildman–Crippen LogP) is 3.58. The van der Waals surface area contributed by atoms with E-state index < -0.39 is 0 Å². The zero-order valence-electron chi connectivity index (χ0n) is 15.9. The summed E-state index contributed by atoms with van der Waals surface area (Å²) in [5.74, 6) is 0.317. The third-order valence-electron chi connectivity index (χ3n) is 3.71. The zero-order valence-corrected chi connectivity index (χ0v) is 18.3. The van der Waals surface area contributed by atoms with Gasteiger partial charge in [0, 0.05) is 21.4 Å². The molecule has 0 radical (unpaired) electrons. The Kier molecular flexibility index (Phi) is 7.14. The van der Waals surface area contributed by atoms with Gasteiger partial charge in [0.25, 0.3) is 5.91 Å². The summed E-state index contributed by atoms with van der Waals surface area (Å²) in [6, 6.07) is 11.1. The number of hydrogen-bond acceptors (Lipinski definition) is 10. The Bertz CT molecular complexity index is 1120. The van der Waals surface area contributed by atoms with Crippen molar-refractivity contribution < 1.29 is 14.6 Å². The third-order valence-corrected chi connectivity index (χ3v) is 6.28. The Morgan fingerprint density at radius 3 is 2.74 bits per heavy atom. The highest BCUT2D eigenvalue weighted by molar-refractivity contribution is 7.99. The van der Waals surface area contributed by atoms with E-state index in [1.54, 1.807) is 11.6 Å². The number of aliphatic hydroxyl groups excluding tert-OH is 1. The van der Waals surface area contributed by atoms with Gasteiger partial charge in [0.15, 0.2) is 10.3 Å². The van der Waals surface area contributed by atoms with Gasteiger partial charge in [-0.3, -0.25) is 15.2 Å². The molecule has 3 N–H and O–H groups in total. The van der Waals surface area contributed by atoms with Gasteiger partial charge in [-0.15, -0.1) is 11.3 Å². The molecular weight excluding hydrogens is 456 g/mol. The van der Waals surface area contributed by atoms with E-state index in [-0.39, 0.29) is 24.8 Å². The minimum atomic E-state index is -0.347. The standard InChI is InChI=1S/C19H16N6O3S3/c26-8-9-28-12-1-3-13(4-2-12)30-14-5-6-15(31-19-21-11-22-25-19)23-16(14)17(27)24-18-20-7-10-29-18/h1-7,10-11,26H,8-9H2,(H,20,24,27)(H,21,22,25). The number of rotatable bonds is 9. The highest BCUT2D eigenvalue weighted by Gasteiger charge is 2.18. The number of H-pyrrole nitrogens is 1. The molecule has 0 saturated carbocycles. The molecule has 3 aromatic heterocycles. The number of nitrogens with one attached hydrogen (secondary N) is 2. The van der Waals surface area contributed by atoms with E-state index in [1.165, 1.54) is 41.2 Å². The van der Waals surface area contributed by atoms with Crippen molar-refractivity contribution in [1.29, 1.82) is 0 Å². The summed E-state index contributed by atoms with van der Waals surface area (Å²) >= 11 is 4.03. The Hall–Kier alpha value is -2.93. The summed E-state index contributed by atoms with van der Waals surface area (Å²) in [5, 5.41) is 21.7. The number of ether oxygens (including phenoxy) is 1. The lowest BCUT2D eigenvalue weighted by Gasteiger charge is -2.10. The van der Waals surface area contributed by atoms with Crippen molar-refractivity contribution in [1.82, 2.24) is 25.1 Å². The van der Waals surface area contributed by atoms with Gasteiger partial charge >= 0.3 is 0 Å². The summed E-state index contributed by atoms with van der Waals surface area (Å²) in [7, 11) is 0. The monoisotopic (exact) mass is 472 g/mol. The summed E-state index contributed by atoms with van der Waals surface area (Å²) in [5.41, 5.74) is 0.283. The van der Waals surface area contributed by atoms with Crippen LogP contribution in [0.3, 0.4) is 0 Å². The van der Waals surface area contributed by atoms with E-state index in [0.29, 0.717) is 26.0 Å². The molecule has 0 bridgehead atoms. The first-order chi connectivity index (χ1) is 15.2. The van der Waals surface area contributed by atoms with Crippen LogP contribution in [0.1, 0.15) is 10.5 Å². The number of amides is 1. The number of carbonyl (C=O) groups is 1. The normalized spacial score (nSPS) is 10.7. The van der Waals surface area contributed by atoms with E-state index in [2.05, 4.69) is 30.5 Å². The number of carbonyl (C=O) groups excluding carboxylic acids is 1. The number of pyridine rings is 1. The van der Waals surface area contributed by atoms with Gasteiger partial charge in [0.2, 0.25) is 0 Å². The molecule has 0 aliphatic heterocycles. The van der Waals surface area contributed by atoms with Gasteiger partial charge in [-0.1, -0.05) is 11.8 Å². The minimum absolute atomic E-state index is 0.0435. The first-order valence-corrected chi connectivity index (χ1v) is 11.5. The van der Waals surface area contributed by atoms with Crippen molar-refractivity contribution in [3.63, 3.8) is 0 Å². The lowest BCUT2D eigenvalue weighted by molar-refractivity contribution is 0.101. The topological polar surface area (TPSA) is 126 Å². The summed E-state index contributed by atoms with van der Waals surface area (Å²) in [4.78, 5) is 27.3. The summed E-state index contributed by atoms with van der Waals surface area (Å²) in [6.07, 6.45) is 3.04. The largest absolute Gasteiger partial charge is 0.491 e. The van der Waals surface area contributed by atoms with E-state index in [4.69, 9.17) is 9.84 Å². The Morgan fingerprint density at radius 2 is 2.03 bits per heavy atom. The lowest BCUT2D eigenvalue weighted by Crippen LogP contribution is -2.15. The van der Waals surface area contributed by atoms with Crippen LogP contribution in [0, 0.1) is 0 Å². The van der Waals surface area contributed by atoms with Gasteiger partial charge in [-0.2, -0.15) is 5.10 Å². The van der Waals surface area contributed by atoms with E-state index in [0.717, 1.165) is 4.90 Å². The molecule has 0 aliphatic carbocycles. The lowest BCUT2D eigenvalue weighted by atomic mass is 10.3. The molecule has 0 unspecified atom stereocenters. The third kappa shape index (κ3) is 5.82. The maximum Gasteiger partial charge on any atom is 0.277 e. The fourth-order valence-corrected chi connectivity index (χ4v) is 4.50. The van der Waals surface area contributed by atoms with Crippen LogP contribution in [0.4, 0.5) is 5.13 Å². The fourth-order valence-electron chi connectivity index (χ4n) is 2.41. The molecule has 1 amide bonds. The van der Waals surface area contributed by atoms with Crippen molar-refractivity contribution in [3.05, 3.63) is 60.0 Å². The minimum Gasteiger partial charge on any atom is -0.491 e. The number of aliphatic hydroxyl groups is 1. The number of anilines is 1. The van der Waals surface area contributed by atoms with Crippen LogP contribution in [0.25, 0.3) is 0 Å². The molecule has 4 aromatic rings. The van der Waals surface area contributed by atoms with Crippen LogP contribution < -0.4 is 10.1 Å². The number of benzene rings is 1. The van der Waals surface area contributed by atoms with Crippen LogP contribution in [0.15, 0.2) is 74.3 Å². The number of aromatic nitrogens is 5. The Morgan fingerprint density at radius 1 is 1.16 bits per heavy atom. The second-order valence-electron chi connectivity index (χ2n) is 5.83. The van der Waals surface area contributed by atoms with Crippen LogP contribution in [-0.4, -0.2) is 49.4 Å². The molecule has 3 heterocycles. The maximum atomic E-state index is 12.9. The smallest absolute Gasteiger partial charge is 0.277 e.